The molecule has 0 aliphatic carbocycles. The number of hydrogen-bond donors (Lipinski definition) is 1. The van der Waals surface area contributed by atoms with E-state index in [1.54, 1.807) is 0 Å². The Bertz CT molecular complexity index is 581. The van der Waals surface area contributed by atoms with Crippen LogP contribution in [0.5, 0.6) is 0 Å². The number of carbonyl (C=O) groups is 1. The first kappa shape index (κ1) is 37.6. The summed E-state index contributed by atoms with van der Waals surface area (Å²) in [4.78, 5) is 12.1. The highest BCUT2D eigenvalue weighted by Crippen LogP contribution is 2.12. The van der Waals surface area contributed by atoms with Gasteiger partial charge in [0.05, 0.1) is 13.2 Å². The van der Waals surface area contributed by atoms with Gasteiger partial charge in [-0.3, -0.25) is 4.79 Å². The molecule has 0 bridgehead atoms. The zero-order valence-corrected chi connectivity index (χ0v) is 25.9. The third-order valence-electron chi connectivity index (χ3n) is 6.98. The molecule has 0 radical (unpaired) electrons. The second kappa shape index (κ2) is 32.8. The van der Waals surface area contributed by atoms with Crippen LogP contribution in [0.25, 0.3) is 0 Å². The lowest BCUT2D eigenvalue weighted by Crippen LogP contribution is -2.27. The molecule has 0 spiro atoms. The highest BCUT2D eigenvalue weighted by Gasteiger charge is 2.13. The average molecular weight is 549 g/mol. The zero-order valence-electron chi connectivity index (χ0n) is 25.9. The maximum atomic E-state index is 12.1. The van der Waals surface area contributed by atoms with E-state index in [9.17, 15) is 9.90 Å². The highest BCUT2D eigenvalue weighted by molar-refractivity contribution is 5.69. The quantitative estimate of drug-likeness (QED) is 0.0551. The number of aliphatic hydroxyl groups excluding tert-OH is 1. The number of rotatable bonds is 30. The van der Waals surface area contributed by atoms with Gasteiger partial charge < -0.3 is 14.6 Å². The normalized spacial score (nSPS) is 12.8. The number of carbonyl (C=O) groups excluding carboxylic acids is 1. The molecule has 1 N–H and O–H groups in total. The predicted molar refractivity (Wildman–Crippen MR) is 168 cm³/mol. The van der Waals surface area contributed by atoms with Gasteiger partial charge in [0.1, 0.15) is 6.10 Å². The summed E-state index contributed by atoms with van der Waals surface area (Å²) in [7, 11) is 0. The molecule has 0 aliphatic heterocycles. The first-order chi connectivity index (χ1) is 19.2. The number of aliphatic hydroxyl groups is 1. The SMILES string of the molecule is CC/C=C\C/C=C\C/C=C\CCCCCCCCCC(=O)OC(CO)COCCCCCCCCCCCC. The van der Waals surface area contributed by atoms with Gasteiger partial charge in [-0.05, 0) is 44.9 Å². The van der Waals surface area contributed by atoms with Crippen molar-refractivity contribution in [3.8, 4) is 0 Å². The van der Waals surface area contributed by atoms with Gasteiger partial charge >= 0.3 is 5.97 Å². The maximum Gasteiger partial charge on any atom is 0.306 e. The van der Waals surface area contributed by atoms with E-state index in [1.807, 2.05) is 0 Å². The van der Waals surface area contributed by atoms with E-state index >= 15 is 0 Å². The molecule has 0 aliphatic rings. The minimum Gasteiger partial charge on any atom is -0.457 e. The Hall–Kier alpha value is -1.39. The summed E-state index contributed by atoms with van der Waals surface area (Å²) in [5, 5.41) is 9.51. The summed E-state index contributed by atoms with van der Waals surface area (Å²) >= 11 is 0. The lowest BCUT2D eigenvalue weighted by molar-refractivity contribution is -0.154. The van der Waals surface area contributed by atoms with Gasteiger partial charge in [-0.25, -0.2) is 0 Å². The summed E-state index contributed by atoms with van der Waals surface area (Å²) in [6.07, 6.45) is 38.9. The fourth-order valence-electron chi connectivity index (χ4n) is 4.52. The summed E-state index contributed by atoms with van der Waals surface area (Å²) in [5.41, 5.74) is 0. The van der Waals surface area contributed by atoms with Crippen LogP contribution in [0.3, 0.4) is 0 Å². The molecule has 4 nitrogen and oxygen atoms in total. The molecule has 0 saturated heterocycles. The summed E-state index contributed by atoms with van der Waals surface area (Å²) in [6, 6.07) is 0. The Kier molecular flexibility index (Phi) is 31.7. The highest BCUT2D eigenvalue weighted by atomic mass is 16.6. The predicted octanol–water partition coefficient (Wildman–Crippen LogP) is 10.2. The van der Waals surface area contributed by atoms with Crippen molar-refractivity contribution in [2.45, 2.75) is 161 Å². The van der Waals surface area contributed by atoms with E-state index in [4.69, 9.17) is 9.47 Å². The fraction of sp³-hybridized carbons (Fsp3) is 0.800. The van der Waals surface area contributed by atoms with E-state index in [2.05, 4.69) is 50.3 Å². The maximum absolute atomic E-state index is 12.1. The number of hydrogen-bond acceptors (Lipinski definition) is 4. The van der Waals surface area contributed by atoms with E-state index < -0.39 is 6.10 Å². The molecule has 0 aromatic rings. The molecule has 4 heteroatoms. The molecule has 0 aromatic carbocycles. The molecule has 0 fully saturated rings. The van der Waals surface area contributed by atoms with Gasteiger partial charge in [-0.1, -0.05) is 140 Å². The number of allylic oxidation sites excluding steroid dienone is 6. The van der Waals surface area contributed by atoms with Crippen LogP contribution in [-0.2, 0) is 14.3 Å². The third-order valence-corrected chi connectivity index (χ3v) is 6.98. The Labute approximate surface area is 242 Å². The Morgan fingerprint density at radius 2 is 1.15 bits per heavy atom. The van der Waals surface area contributed by atoms with Crippen LogP contribution in [-0.4, -0.2) is 37.0 Å². The van der Waals surface area contributed by atoms with Crippen LogP contribution in [0.15, 0.2) is 36.5 Å². The average Bonchev–Trinajstić information content (AvgIpc) is 2.94. The molecule has 0 amide bonds. The molecule has 39 heavy (non-hydrogen) atoms. The number of ether oxygens (including phenoxy) is 2. The number of esters is 1. The van der Waals surface area contributed by atoms with Crippen LogP contribution in [0.1, 0.15) is 155 Å². The Morgan fingerprint density at radius 1 is 0.641 bits per heavy atom. The molecule has 1 unspecified atom stereocenters. The summed E-state index contributed by atoms with van der Waals surface area (Å²) in [5.74, 6) is -0.212. The standard InChI is InChI=1S/C35H64O4/c1-3-5-7-9-11-13-15-16-17-18-19-20-21-22-24-26-28-30-35(37)39-34(32-36)33-38-31-29-27-25-23-14-12-10-8-6-4-2/h5,7,11,13,16-17,34,36H,3-4,6,8-10,12,14-15,18-33H2,1-2H3/b7-5-,13-11-,17-16-. The zero-order chi connectivity index (χ0) is 28.5. The van der Waals surface area contributed by atoms with Gasteiger partial charge in [0.2, 0.25) is 0 Å². The summed E-state index contributed by atoms with van der Waals surface area (Å²) < 4.78 is 11.1. The Balaban J connectivity index is 3.48. The van der Waals surface area contributed by atoms with Gasteiger partial charge in [0.15, 0.2) is 0 Å². The fourth-order valence-corrected chi connectivity index (χ4v) is 4.52. The smallest absolute Gasteiger partial charge is 0.306 e. The largest absolute Gasteiger partial charge is 0.457 e. The van der Waals surface area contributed by atoms with Crippen LogP contribution >= 0.6 is 0 Å². The van der Waals surface area contributed by atoms with Crippen molar-refractivity contribution in [2.75, 3.05) is 19.8 Å². The molecule has 0 aromatic heterocycles. The molecular weight excluding hydrogens is 484 g/mol. The minimum absolute atomic E-state index is 0.174. The second-order valence-electron chi connectivity index (χ2n) is 10.9. The van der Waals surface area contributed by atoms with Crippen LogP contribution in [0.4, 0.5) is 0 Å². The molecule has 228 valence electrons. The van der Waals surface area contributed by atoms with Crippen molar-refractivity contribution in [3.63, 3.8) is 0 Å². The van der Waals surface area contributed by atoms with Gasteiger partial charge in [-0.15, -0.1) is 0 Å². The molecule has 0 heterocycles. The monoisotopic (exact) mass is 548 g/mol. The van der Waals surface area contributed by atoms with Crippen LogP contribution in [0, 0.1) is 0 Å². The van der Waals surface area contributed by atoms with Crippen molar-refractivity contribution in [2.24, 2.45) is 0 Å². The van der Waals surface area contributed by atoms with Crippen LogP contribution in [0.2, 0.25) is 0 Å². The first-order valence-electron chi connectivity index (χ1n) is 16.6. The lowest BCUT2D eigenvalue weighted by atomic mass is 10.1. The molecule has 0 rings (SSSR count). The van der Waals surface area contributed by atoms with E-state index in [1.165, 1.54) is 96.3 Å². The molecular formula is C35H64O4. The first-order valence-corrected chi connectivity index (χ1v) is 16.6. The van der Waals surface area contributed by atoms with E-state index in [-0.39, 0.29) is 12.6 Å². The Morgan fingerprint density at radius 3 is 1.74 bits per heavy atom. The van der Waals surface area contributed by atoms with Crippen molar-refractivity contribution in [3.05, 3.63) is 36.5 Å². The van der Waals surface area contributed by atoms with Crippen molar-refractivity contribution in [1.29, 1.82) is 0 Å². The second-order valence-corrected chi connectivity index (χ2v) is 10.9. The van der Waals surface area contributed by atoms with E-state index in [0.717, 1.165) is 38.5 Å². The van der Waals surface area contributed by atoms with Gasteiger partial charge in [0.25, 0.3) is 0 Å². The third kappa shape index (κ3) is 31.0. The topological polar surface area (TPSA) is 55.8 Å². The number of unbranched alkanes of at least 4 members (excludes halogenated alkanes) is 16. The van der Waals surface area contributed by atoms with Crippen LogP contribution < -0.4 is 0 Å². The molecule has 0 saturated carbocycles. The molecule has 1 atom stereocenters. The van der Waals surface area contributed by atoms with Crippen molar-refractivity contribution < 1.29 is 19.4 Å². The minimum atomic E-state index is -0.534. The van der Waals surface area contributed by atoms with E-state index in [0.29, 0.717) is 19.6 Å². The van der Waals surface area contributed by atoms with Gasteiger partial charge in [0, 0.05) is 13.0 Å². The van der Waals surface area contributed by atoms with Crippen molar-refractivity contribution >= 4 is 5.97 Å². The summed E-state index contributed by atoms with van der Waals surface area (Å²) in [6.45, 7) is 5.21. The van der Waals surface area contributed by atoms with Crippen molar-refractivity contribution in [1.82, 2.24) is 0 Å². The lowest BCUT2D eigenvalue weighted by Gasteiger charge is -2.16. The van der Waals surface area contributed by atoms with Gasteiger partial charge in [-0.2, -0.15) is 0 Å².